The van der Waals surface area contributed by atoms with Crippen LogP contribution in [0, 0.1) is 0 Å². The van der Waals surface area contributed by atoms with E-state index >= 15 is 0 Å². The van der Waals surface area contributed by atoms with Crippen molar-refractivity contribution in [1.82, 2.24) is 5.32 Å². The summed E-state index contributed by atoms with van der Waals surface area (Å²) < 4.78 is 6.45. The molecule has 1 aromatic rings. The molecule has 3 heteroatoms. The van der Waals surface area contributed by atoms with Gasteiger partial charge in [0, 0.05) is 24.2 Å². The topological polar surface area (TPSA) is 21.3 Å². The van der Waals surface area contributed by atoms with Crippen LogP contribution >= 0.6 is 15.9 Å². The molecule has 0 aromatic heterocycles. The molecular weight excluding hydrogens is 278 g/mol. The molecule has 0 saturated carbocycles. The van der Waals surface area contributed by atoms with Crippen LogP contribution in [0.2, 0.25) is 0 Å². The smallest absolute Gasteiger partial charge is 0.0667 e. The van der Waals surface area contributed by atoms with E-state index in [4.69, 9.17) is 4.74 Å². The first-order valence-electron chi connectivity index (χ1n) is 6.22. The molecule has 2 rings (SSSR count). The van der Waals surface area contributed by atoms with Gasteiger partial charge in [-0.15, -0.1) is 0 Å². The van der Waals surface area contributed by atoms with E-state index in [0.717, 1.165) is 13.0 Å². The highest BCUT2D eigenvalue weighted by Crippen LogP contribution is 2.24. The van der Waals surface area contributed by atoms with Crippen LogP contribution in [0.5, 0.6) is 0 Å². The molecule has 0 heterocycles. The molecule has 0 radical (unpaired) electrons. The number of hydrogen-bond donors (Lipinski definition) is 1. The maximum Gasteiger partial charge on any atom is 0.0667 e. The average molecular weight is 298 g/mol. The Bertz CT molecular complexity index is 380. The minimum atomic E-state index is 0.293. The standard InChI is InChI=1S/C14H20BrNO/c1-10(17-2)9-16-14-6-4-11-7-13(15)5-3-12(11)8-14/h3,5,7,10,14,16H,4,6,8-9H2,1-2H3. The van der Waals surface area contributed by atoms with Crippen LogP contribution in [0.4, 0.5) is 0 Å². The molecular formula is C14H20BrNO. The van der Waals surface area contributed by atoms with Crippen molar-refractivity contribution in [2.75, 3.05) is 13.7 Å². The minimum absolute atomic E-state index is 0.293. The van der Waals surface area contributed by atoms with Crippen LogP contribution in [0.3, 0.4) is 0 Å². The van der Waals surface area contributed by atoms with Crippen molar-refractivity contribution in [3.05, 3.63) is 33.8 Å². The molecule has 2 nitrogen and oxygen atoms in total. The quantitative estimate of drug-likeness (QED) is 0.923. The fourth-order valence-corrected chi connectivity index (χ4v) is 2.72. The van der Waals surface area contributed by atoms with E-state index in [9.17, 15) is 0 Å². The van der Waals surface area contributed by atoms with Crippen molar-refractivity contribution >= 4 is 15.9 Å². The zero-order chi connectivity index (χ0) is 12.3. The molecule has 2 atom stereocenters. The second kappa shape index (κ2) is 5.98. The van der Waals surface area contributed by atoms with E-state index in [1.165, 1.54) is 28.4 Å². The van der Waals surface area contributed by atoms with Crippen molar-refractivity contribution in [2.24, 2.45) is 0 Å². The van der Waals surface area contributed by atoms with Crippen molar-refractivity contribution in [1.29, 1.82) is 0 Å². The number of aryl methyl sites for hydroxylation is 1. The molecule has 1 aliphatic carbocycles. The van der Waals surface area contributed by atoms with Gasteiger partial charge in [0.25, 0.3) is 0 Å². The Labute approximate surface area is 112 Å². The van der Waals surface area contributed by atoms with Gasteiger partial charge in [-0.3, -0.25) is 0 Å². The summed E-state index contributed by atoms with van der Waals surface area (Å²) in [6, 6.07) is 7.23. The molecule has 0 aliphatic heterocycles. The summed E-state index contributed by atoms with van der Waals surface area (Å²) in [6.45, 7) is 3.04. The molecule has 94 valence electrons. The number of rotatable bonds is 4. The number of halogens is 1. The summed E-state index contributed by atoms with van der Waals surface area (Å²) in [5.74, 6) is 0. The lowest BCUT2D eigenvalue weighted by molar-refractivity contribution is 0.113. The Kier molecular flexibility index (Phi) is 4.60. The number of benzene rings is 1. The third-order valence-electron chi connectivity index (χ3n) is 3.49. The van der Waals surface area contributed by atoms with Crippen LogP contribution in [-0.4, -0.2) is 25.8 Å². The Morgan fingerprint density at radius 2 is 2.29 bits per heavy atom. The first kappa shape index (κ1) is 13.1. The fraction of sp³-hybridized carbons (Fsp3) is 0.571. The summed E-state index contributed by atoms with van der Waals surface area (Å²) in [5.41, 5.74) is 2.99. The second-order valence-corrected chi connectivity index (χ2v) is 5.72. The predicted molar refractivity (Wildman–Crippen MR) is 74.4 cm³/mol. The number of hydrogen-bond acceptors (Lipinski definition) is 2. The van der Waals surface area contributed by atoms with Crippen LogP contribution < -0.4 is 5.32 Å². The maximum atomic E-state index is 5.26. The lowest BCUT2D eigenvalue weighted by atomic mass is 9.88. The van der Waals surface area contributed by atoms with E-state index in [0.29, 0.717) is 12.1 Å². The molecule has 0 spiro atoms. The van der Waals surface area contributed by atoms with E-state index in [-0.39, 0.29) is 0 Å². The van der Waals surface area contributed by atoms with Crippen LogP contribution in [0.25, 0.3) is 0 Å². The van der Waals surface area contributed by atoms with Gasteiger partial charge in [0.2, 0.25) is 0 Å². The maximum absolute atomic E-state index is 5.26. The average Bonchev–Trinajstić information content (AvgIpc) is 2.35. The van der Waals surface area contributed by atoms with Crippen molar-refractivity contribution in [3.63, 3.8) is 0 Å². The van der Waals surface area contributed by atoms with E-state index < -0.39 is 0 Å². The third-order valence-corrected chi connectivity index (χ3v) is 3.99. The summed E-state index contributed by atoms with van der Waals surface area (Å²) >= 11 is 3.53. The van der Waals surface area contributed by atoms with Gasteiger partial charge in [0.1, 0.15) is 0 Å². The Balaban J connectivity index is 1.92. The van der Waals surface area contributed by atoms with Crippen LogP contribution in [0.1, 0.15) is 24.5 Å². The monoisotopic (exact) mass is 297 g/mol. The molecule has 0 bridgehead atoms. The van der Waals surface area contributed by atoms with E-state index in [1.807, 2.05) is 0 Å². The highest BCUT2D eigenvalue weighted by molar-refractivity contribution is 9.10. The number of methoxy groups -OCH3 is 1. The first-order valence-corrected chi connectivity index (χ1v) is 7.02. The fourth-order valence-electron chi connectivity index (χ4n) is 2.31. The molecule has 1 aromatic carbocycles. The number of fused-ring (bicyclic) bond motifs is 1. The van der Waals surface area contributed by atoms with Gasteiger partial charge in [-0.1, -0.05) is 22.0 Å². The van der Waals surface area contributed by atoms with Gasteiger partial charge in [-0.05, 0) is 49.4 Å². The van der Waals surface area contributed by atoms with Crippen molar-refractivity contribution < 1.29 is 4.74 Å². The van der Waals surface area contributed by atoms with E-state index in [2.05, 4.69) is 46.4 Å². The summed E-state index contributed by atoms with van der Waals surface area (Å²) in [7, 11) is 1.76. The molecule has 0 amide bonds. The highest BCUT2D eigenvalue weighted by atomic mass is 79.9. The van der Waals surface area contributed by atoms with Gasteiger partial charge in [-0.25, -0.2) is 0 Å². The van der Waals surface area contributed by atoms with Gasteiger partial charge in [0.15, 0.2) is 0 Å². The lowest BCUT2D eigenvalue weighted by Gasteiger charge is -2.26. The Morgan fingerprint density at radius 1 is 1.47 bits per heavy atom. The van der Waals surface area contributed by atoms with Gasteiger partial charge >= 0.3 is 0 Å². The normalized spacial score (nSPS) is 21.0. The minimum Gasteiger partial charge on any atom is -0.380 e. The summed E-state index contributed by atoms with van der Waals surface area (Å²) in [5, 5.41) is 3.59. The molecule has 1 N–H and O–H groups in total. The zero-order valence-electron chi connectivity index (χ0n) is 10.5. The molecule has 1 aliphatic rings. The Morgan fingerprint density at radius 3 is 3.06 bits per heavy atom. The summed E-state index contributed by atoms with van der Waals surface area (Å²) in [4.78, 5) is 0. The SMILES string of the molecule is COC(C)CNC1CCc2cc(Br)ccc2C1. The number of ether oxygens (including phenoxy) is 1. The molecule has 0 fully saturated rings. The molecule has 2 unspecified atom stereocenters. The number of nitrogens with one attached hydrogen (secondary N) is 1. The molecule has 0 saturated heterocycles. The zero-order valence-corrected chi connectivity index (χ0v) is 12.1. The molecule has 17 heavy (non-hydrogen) atoms. The Hall–Kier alpha value is -0.380. The van der Waals surface area contributed by atoms with Crippen molar-refractivity contribution in [3.8, 4) is 0 Å². The highest BCUT2D eigenvalue weighted by Gasteiger charge is 2.18. The van der Waals surface area contributed by atoms with Crippen LogP contribution in [0.15, 0.2) is 22.7 Å². The predicted octanol–water partition coefficient (Wildman–Crippen LogP) is 2.93. The lowest BCUT2D eigenvalue weighted by Crippen LogP contribution is -2.38. The van der Waals surface area contributed by atoms with Gasteiger partial charge < -0.3 is 10.1 Å². The third kappa shape index (κ3) is 3.54. The van der Waals surface area contributed by atoms with E-state index in [1.54, 1.807) is 7.11 Å². The summed E-state index contributed by atoms with van der Waals surface area (Å²) in [6.07, 6.45) is 3.83. The van der Waals surface area contributed by atoms with Crippen molar-refractivity contribution in [2.45, 2.75) is 38.3 Å². The van der Waals surface area contributed by atoms with Gasteiger partial charge in [-0.2, -0.15) is 0 Å². The van der Waals surface area contributed by atoms with Crippen LogP contribution in [-0.2, 0) is 17.6 Å². The van der Waals surface area contributed by atoms with Gasteiger partial charge in [0.05, 0.1) is 6.10 Å². The largest absolute Gasteiger partial charge is 0.380 e. The first-order chi connectivity index (χ1) is 8.19. The second-order valence-electron chi connectivity index (χ2n) is 4.81.